The molecule has 4 heterocycles. The molecular formula is C21H20N6. The van der Waals surface area contributed by atoms with E-state index in [2.05, 4.69) is 61.9 Å². The van der Waals surface area contributed by atoms with Gasteiger partial charge in [0.25, 0.3) is 0 Å². The zero-order valence-electron chi connectivity index (χ0n) is 15.2. The van der Waals surface area contributed by atoms with E-state index in [0.29, 0.717) is 5.82 Å². The van der Waals surface area contributed by atoms with E-state index in [1.54, 1.807) is 12.4 Å². The van der Waals surface area contributed by atoms with Crippen molar-refractivity contribution < 1.29 is 0 Å². The highest BCUT2D eigenvalue weighted by Gasteiger charge is 2.20. The largest absolute Gasteiger partial charge is 0.350 e. The molecule has 1 aliphatic rings. The number of rotatable bonds is 3. The fraction of sp³-hybridized carbons (Fsp3) is 0.238. The molecule has 0 bridgehead atoms. The molecule has 134 valence electrons. The van der Waals surface area contributed by atoms with Crippen LogP contribution >= 0.6 is 0 Å². The predicted octanol–water partition coefficient (Wildman–Crippen LogP) is 2.98. The lowest BCUT2D eigenvalue weighted by Gasteiger charge is -2.27. The highest BCUT2D eigenvalue weighted by atomic mass is 15.1. The molecule has 1 aliphatic heterocycles. The van der Waals surface area contributed by atoms with Crippen LogP contribution in [0.1, 0.15) is 16.8 Å². The van der Waals surface area contributed by atoms with Crippen LogP contribution in [0.15, 0.2) is 55.4 Å². The molecule has 27 heavy (non-hydrogen) atoms. The maximum Gasteiger partial charge on any atom is 0.162 e. The molecule has 0 aliphatic carbocycles. The first-order valence-electron chi connectivity index (χ1n) is 9.13. The quantitative estimate of drug-likeness (QED) is 0.565. The Labute approximate surface area is 157 Å². The van der Waals surface area contributed by atoms with Crippen LogP contribution in [-0.2, 0) is 26.6 Å². The van der Waals surface area contributed by atoms with Crippen molar-refractivity contribution in [2.75, 3.05) is 6.54 Å². The van der Waals surface area contributed by atoms with Crippen molar-refractivity contribution >= 4 is 10.9 Å². The summed E-state index contributed by atoms with van der Waals surface area (Å²) in [6.07, 6.45) is 10.2. The van der Waals surface area contributed by atoms with Crippen LogP contribution in [0.2, 0.25) is 0 Å². The minimum Gasteiger partial charge on any atom is -0.350 e. The van der Waals surface area contributed by atoms with Gasteiger partial charge in [-0.2, -0.15) is 0 Å². The molecule has 0 unspecified atom stereocenters. The first-order valence-corrected chi connectivity index (χ1v) is 9.13. The van der Waals surface area contributed by atoms with E-state index in [1.807, 2.05) is 6.20 Å². The van der Waals surface area contributed by atoms with Gasteiger partial charge in [0, 0.05) is 74.4 Å². The topological polar surface area (TPSA) is 59.7 Å². The Kier molecular flexibility index (Phi) is 3.90. The first-order chi connectivity index (χ1) is 13.3. The van der Waals surface area contributed by atoms with Crippen LogP contribution in [0.4, 0.5) is 0 Å². The minimum absolute atomic E-state index is 0.705. The van der Waals surface area contributed by atoms with Gasteiger partial charge in [-0.3, -0.25) is 4.90 Å². The molecule has 6 heteroatoms. The normalized spacial score (nSPS) is 14.4. The lowest BCUT2D eigenvalue weighted by atomic mass is 10.1. The van der Waals surface area contributed by atoms with Gasteiger partial charge < -0.3 is 4.57 Å². The SMILES string of the molecule is Cn1cc(CN2CCc3nc(-c4cncnc4)ncc3C2)c2ccccc21. The third-order valence-electron chi connectivity index (χ3n) is 5.21. The highest BCUT2D eigenvalue weighted by molar-refractivity contribution is 5.83. The maximum atomic E-state index is 4.76. The number of aryl methyl sites for hydroxylation is 1. The van der Waals surface area contributed by atoms with Crippen molar-refractivity contribution in [3.63, 3.8) is 0 Å². The van der Waals surface area contributed by atoms with Crippen LogP contribution in [0.3, 0.4) is 0 Å². The molecule has 0 N–H and O–H groups in total. The van der Waals surface area contributed by atoms with Crippen molar-refractivity contribution in [3.8, 4) is 11.4 Å². The zero-order chi connectivity index (χ0) is 18.2. The van der Waals surface area contributed by atoms with Crippen molar-refractivity contribution in [2.45, 2.75) is 19.5 Å². The Hall–Kier alpha value is -3.12. The maximum absolute atomic E-state index is 4.76. The number of nitrogens with zero attached hydrogens (tertiary/aromatic N) is 6. The second-order valence-electron chi connectivity index (χ2n) is 7.04. The third-order valence-corrected chi connectivity index (χ3v) is 5.21. The van der Waals surface area contributed by atoms with Gasteiger partial charge in [0.2, 0.25) is 0 Å². The van der Waals surface area contributed by atoms with Gasteiger partial charge >= 0.3 is 0 Å². The number of aromatic nitrogens is 5. The molecule has 5 rings (SSSR count). The summed E-state index contributed by atoms with van der Waals surface area (Å²) in [7, 11) is 2.11. The van der Waals surface area contributed by atoms with Crippen LogP contribution in [0.25, 0.3) is 22.3 Å². The summed E-state index contributed by atoms with van der Waals surface area (Å²) in [5.74, 6) is 0.705. The van der Waals surface area contributed by atoms with Gasteiger partial charge in [-0.25, -0.2) is 19.9 Å². The van der Waals surface area contributed by atoms with Crippen LogP contribution in [0, 0.1) is 0 Å². The van der Waals surface area contributed by atoms with E-state index in [-0.39, 0.29) is 0 Å². The van der Waals surface area contributed by atoms with Crippen molar-refractivity contribution in [3.05, 3.63) is 72.2 Å². The molecular weight excluding hydrogens is 336 g/mol. The Morgan fingerprint density at radius 1 is 1.07 bits per heavy atom. The monoisotopic (exact) mass is 356 g/mol. The number of para-hydroxylation sites is 1. The summed E-state index contributed by atoms with van der Waals surface area (Å²) in [5.41, 5.74) is 5.86. The van der Waals surface area contributed by atoms with E-state index in [0.717, 1.165) is 37.3 Å². The molecule has 0 spiro atoms. The van der Waals surface area contributed by atoms with Gasteiger partial charge in [0.15, 0.2) is 5.82 Å². The predicted molar refractivity (Wildman–Crippen MR) is 104 cm³/mol. The zero-order valence-corrected chi connectivity index (χ0v) is 15.2. The average molecular weight is 356 g/mol. The van der Waals surface area contributed by atoms with Crippen molar-refractivity contribution in [1.29, 1.82) is 0 Å². The molecule has 0 saturated carbocycles. The van der Waals surface area contributed by atoms with Gasteiger partial charge in [0.1, 0.15) is 6.33 Å². The summed E-state index contributed by atoms with van der Waals surface area (Å²) in [6.45, 7) is 2.82. The van der Waals surface area contributed by atoms with Crippen LogP contribution < -0.4 is 0 Å². The van der Waals surface area contributed by atoms with E-state index < -0.39 is 0 Å². The standard InChI is InChI=1S/C21H20N6/c1-26-11-17(18-4-2-3-5-20(18)26)13-27-7-6-19-16(12-27)10-24-21(25-19)15-8-22-14-23-9-15/h2-5,8-11,14H,6-7,12-13H2,1H3. The number of benzene rings is 1. The van der Waals surface area contributed by atoms with Gasteiger partial charge in [-0.1, -0.05) is 18.2 Å². The smallest absolute Gasteiger partial charge is 0.162 e. The average Bonchev–Trinajstić information content (AvgIpc) is 3.04. The number of hydrogen-bond donors (Lipinski definition) is 0. The molecule has 3 aromatic heterocycles. The third kappa shape index (κ3) is 2.98. The fourth-order valence-electron chi connectivity index (χ4n) is 3.86. The summed E-state index contributed by atoms with van der Waals surface area (Å²) in [6, 6.07) is 8.59. The lowest BCUT2D eigenvalue weighted by Crippen LogP contribution is -2.30. The second kappa shape index (κ2) is 6.55. The van der Waals surface area contributed by atoms with Gasteiger partial charge in [0.05, 0.1) is 11.3 Å². The Morgan fingerprint density at radius 2 is 1.93 bits per heavy atom. The summed E-state index contributed by atoms with van der Waals surface area (Å²) >= 11 is 0. The Balaban J connectivity index is 1.38. The van der Waals surface area contributed by atoms with Crippen LogP contribution in [-0.4, -0.2) is 35.9 Å². The minimum atomic E-state index is 0.705. The fourth-order valence-corrected chi connectivity index (χ4v) is 3.86. The van der Waals surface area contributed by atoms with E-state index >= 15 is 0 Å². The van der Waals surface area contributed by atoms with E-state index in [4.69, 9.17) is 4.98 Å². The van der Waals surface area contributed by atoms with Crippen molar-refractivity contribution in [1.82, 2.24) is 29.4 Å². The first kappa shape index (κ1) is 16.1. The molecule has 6 nitrogen and oxygen atoms in total. The second-order valence-corrected chi connectivity index (χ2v) is 7.04. The van der Waals surface area contributed by atoms with Gasteiger partial charge in [-0.05, 0) is 11.6 Å². The van der Waals surface area contributed by atoms with E-state index in [9.17, 15) is 0 Å². The Bertz CT molecular complexity index is 1100. The molecule has 1 aromatic carbocycles. The summed E-state index contributed by atoms with van der Waals surface area (Å²) in [5, 5.41) is 1.33. The van der Waals surface area contributed by atoms with Gasteiger partial charge in [-0.15, -0.1) is 0 Å². The summed E-state index contributed by atoms with van der Waals surface area (Å²) in [4.78, 5) is 19.9. The van der Waals surface area contributed by atoms with Crippen molar-refractivity contribution in [2.24, 2.45) is 7.05 Å². The van der Waals surface area contributed by atoms with Crippen LogP contribution in [0.5, 0.6) is 0 Å². The molecule has 0 radical (unpaired) electrons. The van der Waals surface area contributed by atoms with E-state index in [1.165, 1.54) is 28.4 Å². The molecule has 0 amide bonds. The molecule has 0 atom stereocenters. The number of fused-ring (bicyclic) bond motifs is 2. The number of hydrogen-bond acceptors (Lipinski definition) is 5. The highest BCUT2D eigenvalue weighted by Crippen LogP contribution is 2.25. The molecule has 0 fully saturated rings. The molecule has 4 aromatic rings. The summed E-state index contributed by atoms with van der Waals surface area (Å²) < 4.78 is 2.21. The Morgan fingerprint density at radius 3 is 2.81 bits per heavy atom. The molecule has 0 saturated heterocycles. The lowest BCUT2D eigenvalue weighted by molar-refractivity contribution is 0.243.